The fourth-order valence-corrected chi connectivity index (χ4v) is 5.08. The molecule has 1 aliphatic carbocycles. The molecule has 4 rings (SSSR count). The van der Waals surface area contributed by atoms with Gasteiger partial charge < -0.3 is 14.5 Å². The van der Waals surface area contributed by atoms with Crippen LogP contribution in [0.5, 0.6) is 0 Å². The number of nitrogens with zero attached hydrogens (tertiary/aromatic N) is 2. The van der Waals surface area contributed by atoms with Crippen LogP contribution in [0, 0.1) is 11.7 Å². The molecule has 0 unspecified atom stereocenters. The molecule has 3 fully saturated rings. The van der Waals surface area contributed by atoms with E-state index in [2.05, 4.69) is 14.0 Å². The fourth-order valence-electron chi connectivity index (χ4n) is 5.08. The zero-order valence-corrected chi connectivity index (χ0v) is 17.3. The van der Waals surface area contributed by atoms with Crippen LogP contribution in [0.15, 0.2) is 24.3 Å². The molecule has 2 saturated heterocycles. The number of benzene rings is 1. The van der Waals surface area contributed by atoms with E-state index in [1.54, 1.807) is 17.0 Å². The van der Waals surface area contributed by atoms with E-state index in [0.29, 0.717) is 31.8 Å². The Bertz CT molecular complexity index is 780. The lowest BCUT2D eigenvalue weighted by atomic mass is 9.83. The van der Waals surface area contributed by atoms with Crippen LogP contribution in [0.25, 0.3) is 0 Å². The first kappa shape index (κ1) is 20.3. The van der Waals surface area contributed by atoms with Crippen molar-refractivity contribution < 1.29 is 23.6 Å². The minimum atomic E-state index is -0.810. The number of nitrogens with one attached hydrogen (secondary N) is 1. The number of carbonyl (C=O) groups excluding carboxylic acids is 2. The van der Waals surface area contributed by atoms with Gasteiger partial charge in [-0.1, -0.05) is 25.5 Å². The number of likely N-dealkylation sites (N-methyl/N-ethyl adjacent to an activating group) is 1. The van der Waals surface area contributed by atoms with Crippen molar-refractivity contribution in [3.63, 3.8) is 0 Å². The van der Waals surface area contributed by atoms with E-state index in [9.17, 15) is 14.0 Å². The topological polar surface area (TPSA) is 54.3 Å². The third kappa shape index (κ3) is 3.78. The highest BCUT2D eigenvalue weighted by Gasteiger charge is 2.55. The largest absolute Gasteiger partial charge is 0.353 e. The van der Waals surface area contributed by atoms with Gasteiger partial charge in [0, 0.05) is 0 Å². The van der Waals surface area contributed by atoms with E-state index in [4.69, 9.17) is 4.74 Å². The summed E-state index contributed by atoms with van der Waals surface area (Å²) in [5.41, 5.74) is -0.800. The summed E-state index contributed by atoms with van der Waals surface area (Å²) in [5.74, 6) is -0.677. The molecule has 3 atom stereocenters. The van der Waals surface area contributed by atoms with Gasteiger partial charge in [0.15, 0.2) is 0 Å². The quantitative estimate of drug-likeness (QED) is 0.798. The highest BCUT2D eigenvalue weighted by Crippen LogP contribution is 2.43. The van der Waals surface area contributed by atoms with E-state index in [1.807, 2.05) is 4.90 Å². The summed E-state index contributed by atoms with van der Waals surface area (Å²) in [5, 5.41) is 0. The molecule has 7 heteroatoms. The van der Waals surface area contributed by atoms with Crippen LogP contribution >= 0.6 is 0 Å². The molecule has 1 N–H and O–H groups in total. The number of hydrogen-bond acceptors (Lipinski definition) is 3. The van der Waals surface area contributed by atoms with E-state index in [0.717, 1.165) is 25.9 Å². The molecule has 2 heterocycles. The fraction of sp³-hybridized carbons (Fsp3) is 0.636. The molecule has 1 spiro atoms. The van der Waals surface area contributed by atoms with Crippen LogP contribution in [0.3, 0.4) is 0 Å². The van der Waals surface area contributed by atoms with Gasteiger partial charge >= 0.3 is 0 Å². The van der Waals surface area contributed by atoms with Crippen LogP contribution in [0.1, 0.15) is 43.0 Å². The Morgan fingerprint density at radius 3 is 2.66 bits per heavy atom. The standard InChI is InChI=1S/C22H30FN3O3/c1-16-6-5-9-22(14-16)26(20(27)17-7-3-4-8-18(17)23)19(15-29-22)21(28)25-12-10-24(2)11-13-25/h3-4,7-8,16,19H,5-6,9-15H2,1-2H3/p+1/t16-,19-,22-/m0/s1. The molecule has 0 aromatic heterocycles. The third-order valence-electron chi connectivity index (χ3n) is 6.73. The summed E-state index contributed by atoms with van der Waals surface area (Å²) in [4.78, 5) is 31.8. The summed E-state index contributed by atoms with van der Waals surface area (Å²) in [7, 11) is 2.12. The lowest BCUT2D eigenvalue weighted by Crippen LogP contribution is -3.12. The molecule has 2 amide bonds. The summed E-state index contributed by atoms with van der Waals surface area (Å²) < 4.78 is 20.7. The zero-order chi connectivity index (χ0) is 20.6. The monoisotopic (exact) mass is 404 g/mol. The van der Waals surface area contributed by atoms with Gasteiger partial charge in [-0.2, -0.15) is 0 Å². The molecule has 6 nitrogen and oxygen atoms in total. The highest BCUT2D eigenvalue weighted by atomic mass is 19.1. The van der Waals surface area contributed by atoms with Crippen molar-refractivity contribution in [2.45, 2.75) is 44.4 Å². The minimum Gasteiger partial charge on any atom is -0.353 e. The highest BCUT2D eigenvalue weighted by molar-refractivity contribution is 5.98. The summed E-state index contributed by atoms with van der Waals surface area (Å²) in [6.45, 7) is 5.46. The van der Waals surface area contributed by atoms with Crippen LogP contribution < -0.4 is 4.90 Å². The number of carbonyl (C=O) groups is 2. The lowest BCUT2D eigenvalue weighted by molar-refractivity contribution is -0.883. The Kier molecular flexibility index (Phi) is 5.62. The van der Waals surface area contributed by atoms with Gasteiger partial charge in [-0.3, -0.25) is 14.5 Å². The maximum absolute atomic E-state index is 14.5. The maximum Gasteiger partial charge on any atom is 0.259 e. The van der Waals surface area contributed by atoms with Crippen molar-refractivity contribution in [3.8, 4) is 0 Å². The predicted octanol–water partition coefficient (Wildman–Crippen LogP) is 0.930. The molecular weight excluding hydrogens is 373 g/mol. The number of halogens is 1. The van der Waals surface area contributed by atoms with E-state index < -0.39 is 23.5 Å². The summed E-state index contributed by atoms with van der Waals surface area (Å²) in [6.07, 6.45) is 3.38. The number of piperazine rings is 1. The summed E-state index contributed by atoms with van der Waals surface area (Å²) in [6, 6.07) is 5.33. The first-order valence-corrected chi connectivity index (χ1v) is 10.7. The van der Waals surface area contributed by atoms with E-state index in [1.165, 1.54) is 17.0 Å². The minimum absolute atomic E-state index is 0.0104. The average Bonchev–Trinajstić information content (AvgIpc) is 3.05. The molecule has 29 heavy (non-hydrogen) atoms. The second-order valence-corrected chi connectivity index (χ2v) is 8.91. The number of rotatable bonds is 2. The molecule has 1 aromatic rings. The van der Waals surface area contributed by atoms with Gasteiger partial charge in [-0.15, -0.1) is 0 Å². The van der Waals surface area contributed by atoms with Crippen LogP contribution in [0.4, 0.5) is 4.39 Å². The summed E-state index contributed by atoms with van der Waals surface area (Å²) >= 11 is 0. The average molecular weight is 405 g/mol. The van der Waals surface area contributed by atoms with Gasteiger partial charge in [-0.05, 0) is 37.3 Å². The van der Waals surface area contributed by atoms with Crippen LogP contribution in [-0.4, -0.2) is 73.2 Å². The number of quaternary nitrogens is 1. The van der Waals surface area contributed by atoms with Gasteiger partial charge in [0.1, 0.15) is 17.6 Å². The molecular formula is C22H31FN3O3+. The third-order valence-corrected chi connectivity index (χ3v) is 6.73. The number of ether oxygens (including phenoxy) is 1. The zero-order valence-electron chi connectivity index (χ0n) is 17.3. The number of hydrogen-bond donors (Lipinski definition) is 1. The van der Waals surface area contributed by atoms with Gasteiger partial charge in [-0.25, -0.2) is 4.39 Å². The van der Waals surface area contributed by atoms with Crippen molar-refractivity contribution in [2.75, 3.05) is 39.8 Å². The maximum atomic E-state index is 14.5. The Balaban J connectivity index is 1.66. The van der Waals surface area contributed by atoms with Crippen molar-refractivity contribution in [2.24, 2.45) is 5.92 Å². The SMILES string of the molecule is C[C@H]1CCC[C@@]2(C1)OC[C@@H](C(=O)N1CC[NH+](C)CC1)N2C(=O)c1ccccc1F. The van der Waals surface area contributed by atoms with Crippen molar-refractivity contribution in [3.05, 3.63) is 35.6 Å². The van der Waals surface area contributed by atoms with Gasteiger partial charge in [0.2, 0.25) is 5.91 Å². The molecule has 1 aromatic carbocycles. The smallest absolute Gasteiger partial charge is 0.259 e. The number of amides is 2. The Morgan fingerprint density at radius 1 is 1.24 bits per heavy atom. The first-order chi connectivity index (χ1) is 13.9. The van der Waals surface area contributed by atoms with Crippen LogP contribution in [0.2, 0.25) is 0 Å². The molecule has 0 bridgehead atoms. The van der Waals surface area contributed by atoms with E-state index >= 15 is 0 Å². The molecule has 1 saturated carbocycles. The van der Waals surface area contributed by atoms with E-state index in [-0.39, 0.29) is 18.1 Å². The molecule has 2 aliphatic heterocycles. The van der Waals surface area contributed by atoms with Crippen LogP contribution in [-0.2, 0) is 9.53 Å². The second kappa shape index (κ2) is 8.03. The first-order valence-electron chi connectivity index (χ1n) is 10.7. The second-order valence-electron chi connectivity index (χ2n) is 8.91. The van der Waals surface area contributed by atoms with Crippen molar-refractivity contribution in [1.29, 1.82) is 0 Å². The molecule has 3 aliphatic rings. The normalized spacial score (nSPS) is 30.7. The predicted molar refractivity (Wildman–Crippen MR) is 106 cm³/mol. The Hall–Kier alpha value is -1.99. The molecule has 0 radical (unpaired) electrons. The Labute approximate surface area is 171 Å². The van der Waals surface area contributed by atoms with Crippen molar-refractivity contribution in [1.82, 2.24) is 9.80 Å². The lowest BCUT2D eigenvalue weighted by Gasteiger charge is -2.44. The van der Waals surface area contributed by atoms with Gasteiger partial charge in [0.05, 0.1) is 45.4 Å². The molecule has 158 valence electrons. The van der Waals surface area contributed by atoms with Gasteiger partial charge in [0.25, 0.3) is 5.91 Å². The van der Waals surface area contributed by atoms with Crippen molar-refractivity contribution >= 4 is 11.8 Å². The Morgan fingerprint density at radius 2 is 1.97 bits per heavy atom.